The molecule has 0 radical (unpaired) electrons. The normalized spacial score (nSPS) is 25.2. The Morgan fingerprint density at radius 3 is 2.60 bits per heavy atom. The summed E-state index contributed by atoms with van der Waals surface area (Å²) in [5, 5.41) is 25.7. The van der Waals surface area contributed by atoms with E-state index in [9.17, 15) is 19.6 Å². The number of nitrogens with one attached hydrogen (secondary N) is 2. The van der Waals surface area contributed by atoms with Crippen LogP contribution in [0.5, 0.6) is 0 Å². The number of hydrogen-bond acceptors (Lipinski definition) is 7. The lowest BCUT2D eigenvalue weighted by Crippen LogP contribution is -2.57. The number of piperidine rings is 1. The van der Waals surface area contributed by atoms with Crippen molar-refractivity contribution in [1.82, 2.24) is 25.7 Å². The van der Waals surface area contributed by atoms with Gasteiger partial charge in [0.05, 0.1) is 24.8 Å². The first-order chi connectivity index (χ1) is 20.3. The third-order valence-electron chi connectivity index (χ3n) is 9.25. The Hall–Kier alpha value is -4.36. The van der Waals surface area contributed by atoms with Crippen LogP contribution in [0.1, 0.15) is 37.6 Å². The SMILES string of the molecule is CC1(C)[C@@H]2[C@@H](C(=O)NC(C#N)c3nncc4ccccc34)N(C(=O)[C@H](Cc3ccccc3)NC(=O)[C@@H]3CCOC3)C[C@@H]21. The van der Waals surface area contributed by atoms with Crippen molar-refractivity contribution >= 4 is 28.5 Å². The maximum absolute atomic E-state index is 14.2. The second-order valence-electron chi connectivity index (χ2n) is 12.1. The third-order valence-corrected chi connectivity index (χ3v) is 9.25. The van der Waals surface area contributed by atoms with Crippen LogP contribution >= 0.6 is 0 Å². The number of ether oxygens (including phenoxy) is 1. The summed E-state index contributed by atoms with van der Waals surface area (Å²) in [7, 11) is 0. The average molecular weight is 567 g/mol. The maximum atomic E-state index is 14.2. The van der Waals surface area contributed by atoms with Crippen LogP contribution in [0, 0.1) is 34.5 Å². The number of benzene rings is 2. The molecule has 1 aromatic heterocycles. The van der Waals surface area contributed by atoms with Gasteiger partial charge in [-0.1, -0.05) is 68.4 Å². The zero-order valence-electron chi connectivity index (χ0n) is 23.7. The predicted molar refractivity (Wildman–Crippen MR) is 153 cm³/mol. The molecule has 1 unspecified atom stereocenters. The maximum Gasteiger partial charge on any atom is 0.246 e. The van der Waals surface area contributed by atoms with Crippen molar-refractivity contribution in [1.29, 1.82) is 5.26 Å². The molecule has 10 heteroatoms. The number of fused-ring (bicyclic) bond motifs is 2. The largest absolute Gasteiger partial charge is 0.381 e. The zero-order valence-corrected chi connectivity index (χ0v) is 23.7. The van der Waals surface area contributed by atoms with Gasteiger partial charge in [-0.05, 0) is 29.2 Å². The van der Waals surface area contributed by atoms with E-state index in [1.165, 1.54) is 0 Å². The lowest BCUT2D eigenvalue weighted by molar-refractivity contribution is -0.143. The van der Waals surface area contributed by atoms with E-state index >= 15 is 0 Å². The van der Waals surface area contributed by atoms with Crippen LogP contribution in [0.2, 0.25) is 0 Å². The minimum Gasteiger partial charge on any atom is -0.381 e. The van der Waals surface area contributed by atoms with Crippen molar-refractivity contribution < 1.29 is 19.1 Å². The molecule has 6 rings (SSSR count). The van der Waals surface area contributed by atoms with Crippen molar-refractivity contribution in [2.45, 2.75) is 44.8 Å². The number of carbonyl (C=O) groups is 3. The molecule has 0 bridgehead atoms. The first kappa shape index (κ1) is 27.8. The Balaban J connectivity index is 1.26. The lowest BCUT2D eigenvalue weighted by atomic mass is 9.97. The van der Waals surface area contributed by atoms with Gasteiger partial charge in [0, 0.05) is 30.3 Å². The lowest BCUT2D eigenvalue weighted by Gasteiger charge is -2.33. The highest BCUT2D eigenvalue weighted by atomic mass is 16.5. The second kappa shape index (κ2) is 11.1. The highest BCUT2D eigenvalue weighted by molar-refractivity contribution is 5.94. The Bertz CT molecular complexity index is 1540. The Kier molecular flexibility index (Phi) is 7.37. The van der Waals surface area contributed by atoms with E-state index < -0.39 is 24.0 Å². The highest BCUT2D eigenvalue weighted by Gasteiger charge is 2.69. The van der Waals surface area contributed by atoms with Crippen molar-refractivity contribution in [2.75, 3.05) is 19.8 Å². The molecular formula is C32H34N6O4. The fourth-order valence-electron chi connectivity index (χ4n) is 6.75. The summed E-state index contributed by atoms with van der Waals surface area (Å²) in [6.07, 6.45) is 2.52. The monoisotopic (exact) mass is 566 g/mol. The molecule has 3 fully saturated rings. The van der Waals surface area contributed by atoms with Crippen LogP contribution in [-0.4, -0.2) is 64.7 Å². The summed E-state index contributed by atoms with van der Waals surface area (Å²) in [6.45, 7) is 5.46. The zero-order chi connectivity index (χ0) is 29.4. The van der Waals surface area contributed by atoms with Crippen molar-refractivity contribution in [3.63, 3.8) is 0 Å². The third kappa shape index (κ3) is 5.09. The molecule has 1 aliphatic carbocycles. The smallest absolute Gasteiger partial charge is 0.246 e. The average Bonchev–Trinajstić information content (AvgIpc) is 3.46. The number of nitrogens with zero attached hydrogens (tertiary/aromatic N) is 4. The molecule has 2 saturated heterocycles. The molecule has 1 saturated carbocycles. The van der Waals surface area contributed by atoms with Crippen LogP contribution in [-0.2, 0) is 25.5 Å². The first-order valence-corrected chi connectivity index (χ1v) is 14.4. The number of amides is 3. The minimum atomic E-state index is -1.05. The van der Waals surface area contributed by atoms with Crippen LogP contribution in [0.3, 0.4) is 0 Å². The van der Waals surface area contributed by atoms with Gasteiger partial charge in [-0.25, -0.2) is 0 Å². The highest BCUT2D eigenvalue weighted by Crippen LogP contribution is 2.65. The number of nitriles is 1. The predicted octanol–water partition coefficient (Wildman–Crippen LogP) is 2.56. The molecule has 3 heterocycles. The second-order valence-corrected chi connectivity index (χ2v) is 12.1. The van der Waals surface area contributed by atoms with Crippen molar-refractivity contribution in [3.8, 4) is 6.07 Å². The van der Waals surface area contributed by atoms with E-state index in [0.717, 1.165) is 16.3 Å². The van der Waals surface area contributed by atoms with Gasteiger partial charge in [0.2, 0.25) is 17.7 Å². The van der Waals surface area contributed by atoms with E-state index in [1.54, 1.807) is 11.1 Å². The van der Waals surface area contributed by atoms with E-state index in [-0.39, 0.29) is 35.0 Å². The number of hydrogen-bond donors (Lipinski definition) is 2. The molecule has 0 spiro atoms. The Labute approximate surface area is 244 Å². The van der Waals surface area contributed by atoms with E-state index in [4.69, 9.17) is 4.74 Å². The van der Waals surface area contributed by atoms with Crippen molar-refractivity contribution in [3.05, 3.63) is 72.1 Å². The molecule has 6 atom stereocenters. The quantitative estimate of drug-likeness (QED) is 0.428. The van der Waals surface area contributed by atoms with E-state index in [1.807, 2.05) is 54.6 Å². The van der Waals surface area contributed by atoms with Crippen LogP contribution < -0.4 is 10.6 Å². The van der Waals surface area contributed by atoms with Gasteiger partial charge in [0.15, 0.2) is 6.04 Å². The first-order valence-electron chi connectivity index (χ1n) is 14.4. The summed E-state index contributed by atoms with van der Waals surface area (Å²) in [5.41, 5.74) is 1.14. The molecular weight excluding hydrogens is 532 g/mol. The molecule has 2 aromatic carbocycles. The fourth-order valence-corrected chi connectivity index (χ4v) is 6.75. The summed E-state index contributed by atoms with van der Waals surface area (Å²) in [6, 6.07) is 16.5. The molecule has 10 nitrogen and oxygen atoms in total. The Morgan fingerprint density at radius 1 is 1.10 bits per heavy atom. The fraction of sp³-hybridized carbons (Fsp3) is 0.438. The number of likely N-dealkylation sites (tertiary alicyclic amines) is 1. The van der Waals surface area contributed by atoms with Crippen LogP contribution in [0.4, 0.5) is 0 Å². The van der Waals surface area contributed by atoms with Gasteiger partial charge >= 0.3 is 0 Å². The van der Waals surface area contributed by atoms with Crippen molar-refractivity contribution in [2.24, 2.45) is 23.2 Å². The van der Waals surface area contributed by atoms with Gasteiger partial charge in [-0.3, -0.25) is 14.4 Å². The van der Waals surface area contributed by atoms with Gasteiger partial charge in [0.1, 0.15) is 17.8 Å². The van der Waals surface area contributed by atoms with E-state index in [2.05, 4.69) is 40.7 Å². The number of aromatic nitrogens is 2. The van der Waals surface area contributed by atoms with Gasteiger partial charge < -0.3 is 20.3 Å². The number of rotatable bonds is 8. The molecule has 3 amide bonds. The van der Waals surface area contributed by atoms with Gasteiger partial charge in [-0.15, -0.1) is 0 Å². The Morgan fingerprint density at radius 2 is 1.86 bits per heavy atom. The molecule has 42 heavy (non-hydrogen) atoms. The molecule has 2 aliphatic heterocycles. The summed E-state index contributed by atoms with van der Waals surface area (Å²) < 4.78 is 5.40. The summed E-state index contributed by atoms with van der Waals surface area (Å²) >= 11 is 0. The summed E-state index contributed by atoms with van der Waals surface area (Å²) in [4.78, 5) is 42.9. The standard InChI is InChI=1S/C32H34N6O4/c1-32(2)23-17-38(31(41)24(14-19-8-4-3-5-9-19)35-29(39)21-12-13-42-18-21)28(26(23)32)30(40)36-25(15-33)27-22-11-7-6-10-20(22)16-34-37-27/h3-11,16,21,23-26,28H,12-14,17-18H2,1-2H3,(H,35,39)(H,36,40)/t21-,23+,24+,25?,26+,28+/m1/s1. The molecule has 3 aliphatic rings. The summed E-state index contributed by atoms with van der Waals surface area (Å²) in [5.74, 6) is -1.14. The van der Waals surface area contributed by atoms with Gasteiger partial charge in [0.25, 0.3) is 0 Å². The van der Waals surface area contributed by atoms with E-state index in [0.29, 0.717) is 38.3 Å². The van der Waals surface area contributed by atoms with Gasteiger partial charge in [-0.2, -0.15) is 15.5 Å². The van der Waals surface area contributed by atoms with Crippen LogP contribution in [0.25, 0.3) is 10.8 Å². The topological polar surface area (TPSA) is 137 Å². The minimum absolute atomic E-state index is 0.0595. The molecule has 3 aromatic rings. The molecule has 2 N–H and O–H groups in total. The van der Waals surface area contributed by atoms with Crippen LogP contribution in [0.15, 0.2) is 60.8 Å². The molecule has 216 valence electrons. The number of carbonyl (C=O) groups excluding carboxylic acids is 3.